The van der Waals surface area contributed by atoms with Crippen LogP contribution in [0.15, 0.2) is 158 Å². The average Bonchev–Trinajstić information content (AvgIpc) is 3.60. The monoisotopic (exact) mass is 690 g/mol. The highest BCUT2D eigenvalue weighted by Gasteiger charge is 2.48. The van der Waals surface area contributed by atoms with Gasteiger partial charge in [0, 0.05) is 27.3 Å². The van der Waals surface area contributed by atoms with Gasteiger partial charge in [0.2, 0.25) is 0 Å². The van der Waals surface area contributed by atoms with Gasteiger partial charge in [0.15, 0.2) is 5.82 Å². The highest BCUT2D eigenvalue weighted by molar-refractivity contribution is 6.18. The molecular formula is C52H38N2. The lowest BCUT2D eigenvalue weighted by molar-refractivity contribution is 0.654. The SMILES string of the molecule is CC1(C)c2ccccc2-c2c(-c3cc4ccccc4c4ccccc34)c3c(c(-c4nc(-c5ccccc5)c5ccccc5n4)c21)-c1ccccc1C3(C)C. The maximum absolute atomic E-state index is 5.63. The van der Waals surface area contributed by atoms with Crippen LogP contribution in [0, 0.1) is 0 Å². The summed E-state index contributed by atoms with van der Waals surface area (Å²) in [6.45, 7) is 9.65. The normalized spacial score (nSPS) is 14.6. The van der Waals surface area contributed by atoms with E-state index >= 15 is 0 Å². The molecule has 0 radical (unpaired) electrons. The molecule has 2 aliphatic rings. The summed E-state index contributed by atoms with van der Waals surface area (Å²) >= 11 is 0. The van der Waals surface area contributed by atoms with Crippen molar-refractivity contribution in [3.05, 3.63) is 180 Å². The number of rotatable bonds is 3. The van der Waals surface area contributed by atoms with Crippen LogP contribution in [0.5, 0.6) is 0 Å². The number of para-hydroxylation sites is 1. The Hall–Kier alpha value is -6.38. The lowest BCUT2D eigenvalue weighted by atomic mass is 9.72. The molecule has 2 aliphatic carbocycles. The first-order valence-electron chi connectivity index (χ1n) is 19.0. The summed E-state index contributed by atoms with van der Waals surface area (Å²) in [7, 11) is 0. The van der Waals surface area contributed by atoms with Gasteiger partial charge < -0.3 is 0 Å². The van der Waals surface area contributed by atoms with Crippen LogP contribution in [0.25, 0.3) is 88.5 Å². The maximum atomic E-state index is 5.63. The Morgan fingerprint density at radius 1 is 0.389 bits per heavy atom. The van der Waals surface area contributed by atoms with Gasteiger partial charge in [-0.1, -0.05) is 173 Å². The van der Waals surface area contributed by atoms with Gasteiger partial charge in [0.1, 0.15) is 0 Å². The third-order valence-corrected chi connectivity index (χ3v) is 12.4. The minimum absolute atomic E-state index is 0.307. The fourth-order valence-electron chi connectivity index (χ4n) is 10.1. The highest BCUT2D eigenvalue weighted by Crippen LogP contribution is 2.64. The second kappa shape index (κ2) is 11.1. The second-order valence-corrected chi connectivity index (χ2v) is 16.1. The molecule has 256 valence electrons. The standard InChI is InChI=1S/C52H38N2/c1-51(2)41-28-16-13-25-37(41)44-46(50-53-42-29-17-14-26-38(42)49(54-50)31-18-6-5-7-19-31)48-43(36-24-12-15-27-40(36)52(48,3)4)45(47(44)51)39-30-32-20-8-9-21-33(32)34-22-10-11-23-35(34)39/h5-30H,1-4H3. The molecule has 1 heterocycles. The van der Waals surface area contributed by atoms with Crippen molar-refractivity contribution in [1.82, 2.24) is 9.97 Å². The summed E-state index contributed by atoms with van der Waals surface area (Å²) in [5, 5.41) is 6.14. The minimum atomic E-state index is -0.332. The summed E-state index contributed by atoms with van der Waals surface area (Å²) in [4.78, 5) is 11.1. The van der Waals surface area contributed by atoms with E-state index in [4.69, 9.17) is 9.97 Å². The molecule has 0 N–H and O–H groups in total. The number of fused-ring (bicyclic) bond motifs is 10. The number of nitrogens with zero attached hydrogens (tertiary/aromatic N) is 2. The van der Waals surface area contributed by atoms with E-state index in [1.165, 1.54) is 77.2 Å². The quantitative estimate of drug-likeness (QED) is 0.172. The molecule has 0 amide bonds. The van der Waals surface area contributed by atoms with Crippen molar-refractivity contribution in [3.8, 4) is 56.0 Å². The molecule has 1 aromatic heterocycles. The smallest absolute Gasteiger partial charge is 0.161 e. The lowest BCUT2D eigenvalue weighted by Gasteiger charge is -2.31. The Labute approximate surface area is 315 Å². The predicted molar refractivity (Wildman–Crippen MR) is 226 cm³/mol. The second-order valence-electron chi connectivity index (χ2n) is 16.1. The molecule has 0 aliphatic heterocycles. The average molecular weight is 691 g/mol. The van der Waals surface area contributed by atoms with E-state index in [9.17, 15) is 0 Å². The summed E-state index contributed by atoms with van der Waals surface area (Å²) in [6, 6.07) is 57.5. The number of hydrogen-bond acceptors (Lipinski definition) is 2. The molecule has 54 heavy (non-hydrogen) atoms. The fourth-order valence-corrected chi connectivity index (χ4v) is 10.1. The van der Waals surface area contributed by atoms with Gasteiger partial charge in [-0.3, -0.25) is 0 Å². The topological polar surface area (TPSA) is 25.8 Å². The molecule has 0 unspecified atom stereocenters. The van der Waals surface area contributed by atoms with E-state index in [0.717, 1.165) is 33.5 Å². The van der Waals surface area contributed by atoms with Crippen LogP contribution in [-0.4, -0.2) is 9.97 Å². The zero-order valence-corrected chi connectivity index (χ0v) is 30.9. The van der Waals surface area contributed by atoms with E-state index in [1.54, 1.807) is 0 Å². The van der Waals surface area contributed by atoms with Gasteiger partial charge in [0.05, 0.1) is 11.2 Å². The predicted octanol–water partition coefficient (Wildman–Crippen LogP) is 13.5. The van der Waals surface area contributed by atoms with Crippen LogP contribution in [0.2, 0.25) is 0 Å². The Kier molecular flexibility index (Phi) is 6.39. The van der Waals surface area contributed by atoms with Crippen molar-refractivity contribution in [1.29, 1.82) is 0 Å². The first-order valence-corrected chi connectivity index (χ1v) is 19.0. The molecule has 9 aromatic rings. The van der Waals surface area contributed by atoms with Gasteiger partial charge in [-0.25, -0.2) is 9.97 Å². The number of hydrogen-bond donors (Lipinski definition) is 0. The Bertz CT molecular complexity index is 3040. The van der Waals surface area contributed by atoms with Gasteiger partial charge in [-0.05, 0) is 89.3 Å². The summed E-state index contributed by atoms with van der Waals surface area (Å²) in [5.74, 6) is 0.781. The van der Waals surface area contributed by atoms with Gasteiger partial charge >= 0.3 is 0 Å². The van der Waals surface area contributed by atoms with E-state index in [-0.39, 0.29) is 10.8 Å². The van der Waals surface area contributed by atoms with E-state index in [2.05, 4.69) is 185 Å². The molecule has 0 bridgehead atoms. The third-order valence-electron chi connectivity index (χ3n) is 12.4. The molecule has 0 spiro atoms. The van der Waals surface area contributed by atoms with Crippen molar-refractivity contribution in [3.63, 3.8) is 0 Å². The van der Waals surface area contributed by atoms with Gasteiger partial charge in [0.25, 0.3) is 0 Å². The Balaban J connectivity index is 1.39. The molecule has 0 atom stereocenters. The van der Waals surface area contributed by atoms with Gasteiger partial charge in [-0.15, -0.1) is 0 Å². The first-order chi connectivity index (χ1) is 26.3. The minimum Gasteiger partial charge on any atom is -0.228 e. The van der Waals surface area contributed by atoms with Crippen LogP contribution in [-0.2, 0) is 10.8 Å². The molecule has 0 saturated heterocycles. The van der Waals surface area contributed by atoms with E-state index in [1.807, 2.05) is 0 Å². The summed E-state index contributed by atoms with van der Waals surface area (Å²) < 4.78 is 0. The number of benzene rings is 8. The highest BCUT2D eigenvalue weighted by atomic mass is 14.9. The largest absolute Gasteiger partial charge is 0.228 e. The van der Waals surface area contributed by atoms with Crippen LogP contribution >= 0.6 is 0 Å². The summed E-state index contributed by atoms with van der Waals surface area (Å²) in [6.07, 6.45) is 0. The van der Waals surface area contributed by atoms with Crippen molar-refractivity contribution in [2.75, 3.05) is 0 Å². The third kappa shape index (κ3) is 4.11. The Morgan fingerprint density at radius 3 is 1.59 bits per heavy atom. The van der Waals surface area contributed by atoms with Crippen LogP contribution in [0.4, 0.5) is 0 Å². The summed E-state index contributed by atoms with van der Waals surface area (Å²) in [5.41, 5.74) is 16.6. The Morgan fingerprint density at radius 2 is 0.889 bits per heavy atom. The first kappa shape index (κ1) is 31.2. The van der Waals surface area contributed by atoms with E-state index in [0.29, 0.717) is 0 Å². The van der Waals surface area contributed by atoms with Gasteiger partial charge in [-0.2, -0.15) is 0 Å². The van der Waals surface area contributed by atoms with Crippen LogP contribution in [0.3, 0.4) is 0 Å². The van der Waals surface area contributed by atoms with Crippen molar-refractivity contribution < 1.29 is 0 Å². The fraction of sp³-hybridized carbons (Fsp3) is 0.115. The van der Waals surface area contributed by atoms with Crippen molar-refractivity contribution >= 4 is 32.4 Å². The van der Waals surface area contributed by atoms with Crippen LogP contribution < -0.4 is 0 Å². The molecule has 2 nitrogen and oxygen atoms in total. The molecule has 8 aromatic carbocycles. The molecular weight excluding hydrogens is 653 g/mol. The number of aromatic nitrogens is 2. The maximum Gasteiger partial charge on any atom is 0.161 e. The molecule has 11 rings (SSSR count). The molecule has 0 saturated carbocycles. The zero-order chi connectivity index (χ0) is 36.3. The van der Waals surface area contributed by atoms with E-state index < -0.39 is 0 Å². The lowest BCUT2D eigenvalue weighted by Crippen LogP contribution is -2.20. The zero-order valence-electron chi connectivity index (χ0n) is 30.9. The van der Waals surface area contributed by atoms with Crippen molar-refractivity contribution in [2.45, 2.75) is 38.5 Å². The molecule has 0 fully saturated rings. The van der Waals surface area contributed by atoms with Crippen molar-refractivity contribution in [2.24, 2.45) is 0 Å². The van der Waals surface area contributed by atoms with Crippen LogP contribution in [0.1, 0.15) is 49.9 Å². The molecule has 2 heteroatoms.